The van der Waals surface area contributed by atoms with Gasteiger partial charge >= 0.3 is 0 Å². The van der Waals surface area contributed by atoms with Gasteiger partial charge in [0.15, 0.2) is 17.8 Å². The molecule has 0 spiro atoms. The quantitative estimate of drug-likeness (QED) is 0.851. The first-order valence-electron chi connectivity index (χ1n) is 7.45. The molecule has 3 rings (SSSR count). The standard InChI is InChI=1S/C18H20O5S/c1-19-14-12-11-8-6-5-7-10(11)9-23-18(22-4)13(12)17(24)16(21-3)15(14)20-2/h5-8,18,24H,9H2,1-4H3. The van der Waals surface area contributed by atoms with E-state index in [1.165, 1.54) is 0 Å². The first-order chi connectivity index (χ1) is 11.7. The molecule has 0 fully saturated rings. The van der Waals surface area contributed by atoms with Crippen LogP contribution in [0.25, 0.3) is 11.1 Å². The Hall–Kier alpha value is -1.89. The van der Waals surface area contributed by atoms with Crippen LogP contribution in [0, 0.1) is 0 Å². The summed E-state index contributed by atoms with van der Waals surface area (Å²) in [5, 5.41) is 0. The molecule has 2 aromatic carbocycles. The van der Waals surface area contributed by atoms with Crippen molar-refractivity contribution in [1.82, 2.24) is 0 Å². The van der Waals surface area contributed by atoms with Crippen LogP contribution in [0.5, 0.6) is 17.2 Å². The number of methoxy groups -OCH3 is 4. The molecule has 1 aliphatic heterocycles. The molecule has 0 saturated carbocycles. The van der Waals surface area contributed by atoms with E-state index in [2.05, 4.69) is 12.6 Å². The van der Waals surface area contributed by atoms with Crippen molar-refractivity contribution < 1.29 is 23.7 Å². The van der Waals surface area contributed by atoms with Gasteiger partial charge in [-0.05, 0) is 11.1 Å². The maximum absolute atomic E-state index is 5.94. The third-order valence-electron chi connectivity index (χ3n) is 4.12. The summed E-state index contributed by atoms with van der Waals surface area (Å²) in [7, 11) is 6.34. The zero-order chi connectivity index (χ0) is 17.3. The summed E-state index contributed by atoms with van der Waals surface area (Å²) in [6, 6.07) is 8.00. The maximum atomic E-state index is 5.94. The fourth-order valence-electron chi connectivity index (χ4n) is 3.08. The van der Waals surface area contributed by atoms with Crippen LogP contribution in [-0.2, 0) is 16.1 Å². The molecule has 128 valence electrons. The lowest BCUT2D eigenvalue weighted by atomic mass is 9.94. The fourth-order valence-corrected chi connectivity index (χ4v) is 3.49. The van der Waals surface area contributed by atoms with Crippen LogP contribution >= 0.6 is 12.6 Å². The first-order valence-corrected chi connectivity index (χ1v) is 7.90. The van der Waals surface area contributed by atoms with Crippen LogP contribution in [0.2, 0.25) is 0 Å². The second kappa shape index (κ2) is 6.93. The van der Waals surface area contributed by atoms with E-state index in [0.29, 0.717) is 28.8 Å². The van der Waals surface area contributed by atoms with Gasteiger partial charge in [-0.3, -0.25) is 0 Å². The molecule has 0 radical (unpaired) electrons. The fraction of sp³-hybridized carbons (Fsp3) is 0.333. The molecule has 1 unspecified atom stereocenters. The van der Waals surface area contributed by atoms with E-state index < -0.39 is 6.29 Å². The predicted octanol–water partition coefficient (Wildman–Crippen LogP) is 3.84. The molecule has 0 N–H and O–H groups in total. The number of benzene rings is 2. The lowest BCUT2D eigenvalue weighted by molar-refractivity contribution is -0.135. The van der Waals surface area contributed by atoms with Gasteiger partial charge in [-0.15, -0.1) is 12.6 Å². The van der Waals surface area contributed by atoms with Crippen molar-refractivity contribution in [3.05, 3.63) is 35.4 Å². The largest absolute Gasteiger partial charge is 0.492 e. The second-order valence-corrected chi connectivity index (χ2v) is 5.72. The summed E-state index contributed by atoms with van der Waals surface area (Å²) >= 11 is 4.67. The highest BCUT2D eigenvalue weighted by atomic mass is 32.1. The molecule has 0 aromatic heterocycles. The molecule has 0 bridgehead atoms. The molecule has 24 heavy (non-hydrogen) atoms. The highest BCUT2D eigenvalue weighted by molar-refractivity contribution is 7.80. The zero-order valence-corrected chi connectivity index (χ0v) is 15.0. The Morgan fingerprint density at radius 2 is 1.62 bits per heavy atom. The zero-order valence-electron chi connectivity index (χ0n) is 14.1. The van der Waals surface area contributed by atoms with Crippen molar-refractivity contribution >= 4 is 12.6 Å². The number of hydrogen-bond acceptors (Lipinski definition) is 6. The monoisotopic (exact) mass is 348 g/mol. The Kier molecular flexibility index (Phi) is 4.89. The van der Waals surface area contributed by atoms with E-state index in [1.54, 1.807) is 28.4 Å². The molecule has 1 aliphatic rings. The van der Waals surface area contributed by atoms with Gasteiger partial charge in [0.1, 0.15) is 0 Å². The number of thiol groups is 1. The molecule has 6 heteroatoms. The van der Waals surface area contributed by atoms with Crippen molar-refractivity contribution in [2.45, 2.75) is 17.8 Å². The van der Waals surface area contributed by atoms with Gasteiger partial charge in [0, 0.05) is 18.2 Å². The molecule has 2 aromatic rings. The van der Waals surface area contributed by atoms with Crippen LogP contribution in [0.15, 0.2) is 29.2 Å². The van der Waals surface area contributed by atoms with Crippen LogP contribution in [0.4, 0.5) is 0 Å². The SMILES string of the molecule is COc1c(S)c2c(c(OC)c1OC)-c1ccccc1COC2OC. The maximum Gasteiger partial charge on any atom is 0.205 e. The van der Waals surface area contributed by atoms with Gasteiger partial charge in [-0.25, -0.2) is 0 Å². The molecule has 1 atom stereocenters. The number of rotatable bonds is 4. The van der Waals surface area contributed by atoms with E-state index >= 15 is 0 Å². The minimum absolute atomic E-state index is 0.421. The van der Waals surface area contributed by atoms with Gasteiger partial charge in [-0.1, -0.05) is 24.3 Å². The van der Waals surface area contributed by atoms with Gasteiger partial charge in [0.25, 0.3) is 0 Å². The Morgan fingerprint density at radius 3 is 2.25 bits per heavy atom. The van der Waals surface area contributed by atoms with Crippen molar-refractivity contribution in [2.24, 2.45) is 0 Å². The Balaban J connectivity index is 2.46. The van der Waals surface area contributed by atoms with Gasteiger partial charge in [0.2, 0.25) is 5.75 Å². The molecule has 0 saturated heterocycles. The first kappa shape index (κ1) is 17.0. The second-order valence-electron chi connectivity index (χ2n) is 5.27. The van der Waals surface area contributed by atoms with Crippen molar-refractivity contribution in [1.29, 1.82) is 0 Å². The molecular formula is C18H20O5S. The van der Waals surface area contributed by atoms with Crippen LogP contribution in [0.3, 0.4) is 0 Å². The predicted molar refractivity (Wildman–Crippen MR) is 93.3 cm³/mol. The number of hydrogen-bond donors (Lipinski definition) is 1. The normalized spacial score (nSPS) is 16.0. The van der Waals surface area contributed by atoms with Gasteiger partial charge in [-0.2, -0.15) is 0 Å². The van der Waals surface area contributed by atoms with Crippen LogP contribution in [-0.4, -0.2) is 28.4 Å². The Bertz CT molecular complexity index is 760. The van der Waals surface area contributed by atoms with Gasteiger partial charge in [0.05, 0.1) is 32.8 Å². The van der Waals surface area contributed by atoms with Crippen molar-refractivity contribution in [3.8, 4) is 28.4 Å². The van der Waals surface area contributed by atoms with Crippen molar-refractivity contribution in [3.63, 3.8) is 0 Å². The third kappa shape index (κ3) is 2.51. The topological polar surface area (TPSA) is 46.2 Å². The number of fused-ring (bicyclic) bond motifs is 3. The number of ether oxygens (including phenoxy) is 5. The lowest BCUT2D eigenvalue weighted by Gasteiger charge is -2.24. The smallest absolute Gasteiger partial charge is 0.205 e. The summed E-state index contributed by atoms with van der Waals surface area (Å²) in [5.74, 6) is 1.55. The molecule has 0 amide bonds. The van der Waals surface area contributed by atoms with E-state index in [1.807, 2.05) is 24.3 Å². The molecule has 0 aliphatic carbocycles. The summed E-state index contributed by atoms with van der Waals surface area (Å²) in [4.78, 5) is 0.605. The Labute approximate surface area is 146 Å². The van der Waals surface area contributed by atoms with E-state index in [4.69, 9.17) is 23.7 Å². The average molecular weight is 348 g/mol. The highest BCUT2D eigenvalue weighted by Gasteiger charge is 2.33. The van der Waals surface area contributed by atoms with E-state index in [9.17, 15) is 0 Å². The molecule has 5 nitrogen and oxygen atoms in total. The summed E-state index contributed by atoms with van der Waals surface area (Å²) in [6.07, 6.45) is -0.589. The minimum atomic E-state index is -0.589. The Morgan fingerprint density at radius 1 is 0.958 bits per heavy atom. The summed E-state index contributed by atoms with van der Waals surface area (Å²) in [6.45, 7) is 0.421. The third-order valence-corrected chi connectivity index (χ3v) is 4.56. The average Bonchev–Trinajstić information content (AvgIpc) is 2.78. The van der Waals surface area contributed by atoms with Crippen LogP contribution in [0.1, 0.15) is 17.4 Å². The van der Waals surface area contributed by atoms with Crippen molar-refractivity contribution in [2.75, 3.05) is 28.4 Å². The molecular weight excluding hydrogens is 328 g/mol. The molecule has 1 heterocycles. The summed E-state index contributed by atoms with van der Waals surface area (Å²) < 4.78 is 28.2. The highest BCUT2D eigenvalue weighted by Crippen LogP contribution is 2.54. The van der Waals surface area contributed by atoms with Gasteiger partial charge < -0.3 is 23.7 Å². The van der Waals surface area contributed by atoms with Crippen LogP contribution < -0.4 is 14.2 Å². The van der Waals surface area contributed by atoms with E-state index in [-0.39, 0.29) is 0 Å². The summed E-state index contributed by atoms with van der Waals surface area (Å²) in [5.41, 5.74) is 3.65. The minimum Gasteiger partial charge on any atom is -0.492 e. The lowest BCUT2D eigenvalue weighted by Crippen LogP contribution is -2.09. The van der Waals surface area contributed by atoms with E-state index in [0.717, 1.165) is 22.3 Å².